The average molecular weight is 416 g/mol. The van der Waals surface area contributed by atoms with Crippen molar-refractivity contribution in [3.05, 3.63) is 46.1 Å². The minimum atomic E-state index is -1.15. The van der Waals surface area contributed by atoms with Gasteiger partial charge in [0.15, 0.2) is 11.5 Å². The number of aliphatic hydroxyl groups is 1. The Labute approximate surface area is 170 Å². The molecule has 0 aromatic carbocycles. The Morgan fingerprint density at radius 3 is 2.57 bits per heavy atom. The molecule has 158 valence electrons. The van der Waals surface area contributed by atoms with Crippen LogP contribution in [0.25, 0.3) is 5.65 Å². The molecule has 1 aliphatic heterocycles. The number of nitrogens with zero attached hydrogens (tertiary/aromatic N) is 4. The first-order valence-electron chi connectivity index (χ1n) is 8.96. The lowest BCUT2D eigenvalue weighted by molar-refractivity contribution is -0.141. The number of aliphatic imine (C=N–C) groups is 1. The normalized spacial score (nSPS) is 15.2. The number of ether oxygens (including phenoxy) is 3. The number of hydrogen-bond donors (Lipinski definition) is 1. The second-order valence-electron chi connectivity index (χ2n) is 6.12. The Morgan fingerprint density at radius 1 is 1.20 bits per heavy atom. The van der Waals surface area contributed by atoms with Crippen molar-refractivity contribution < 1.29 is 28.9 Å². The van der Waals surface area contributed by atoms with Crippen molar-refractivity contribution in [2.24, 2.45) is 4.99 Å². The first kappa shape index (κ1) is 21.0. The van der Waals surface area contributed by atoms with Gasteiger partial charge in [0, 0.05) is 25.5 Å². The largest absolute Gasteiger partial charge is 0.501 e. The zero-order valence-corrected chi connectivity index (χ0v) is 16.4. The fourth-order valence-corrected chi connectivity index (χ4v) is 2.83. The van der Waals surface area contributed by atoms with Gasteiger partial charge in [-0.2, -0.15) is 0 Å². The molecule has 11 nitrogen and oxygen atoms in total. The predicted molar refractivity (Wildman–Crippen MR) is 106 cm³/mol. The molecule has 0 unspecified atom stereocenters. The number of esters is 2. The number of methoxy groups -OCH3 is 2. The summed E-state index contributed by atoms with van der Waals surface area (Å²) in [4.78, 5) is 47.2. The fraction of sp³-hybridized carbons (Fsp3) is 0.316. The molecule has 1 N–H and O–H groups in total. The quantitative estimate of drug-likeness (QED) is 0.318. The first-order valence-corrected chi connectivity index (χ1v) is 8.96. The second-order valence-corrected chi connectivity index (χ2v) is 6.12. The topological polar surface area (TPSA) is 132 Å². The number of rotatable bonds is 5. The second kappa shape index (κ2) is 9.18. The number of morpholine rings is 1. The number of aromatic nitrogens is 2. The van der Waals surface area contributed by atoms with Crippen LogP contribution in [0.5, 0.6) is 0 Å². The van der Waals surface area contributed by atoms with Crippen LogP contribution in [0.3, 0.4) is 0 Å². The molecule has 1 fully saturated rings. The van der Waals surface area contributed by atoms with Gasteiger partial charge in [-0.25, -0.2) is 19.6 Å². The summed E-state index contributed by atoms with van der Waals surface area (Å²) in [7, 11) is 2.12. The van der Waals surface area contributed by atoms with Crippen LogP contribution in [-0.2, 0) is 23.8 Å². The Hall–Kier alpha value is -3.73. The van der Waals surface area contributed by atoms with Gasteiger partial charge in [0.25, 0.3) is 5.56 Å². The molecule has 3 rings (SSSR count). The standard InChI is InChI=1S/C19H20N4O7/c1-28-18(26)12(15(24)19(27)29-2)11-20-14-16(22-7-9-30-10-8-22)21-13-5-3-4-6-23(13)17(14)25/h3-6,11,24H,7-10H2,1-2H3/b15-12+,20-11?. The number of carbonyl (C=O) groups excluding carboxylic acids is 2. The van der Waals surface area contributed by atoms with Crippen molar-refractivity contribution in [3.63, 3.8) is 0 Å². The Morgan fingerprint density at radius 2 is 1.90 bits per heavy atom. The Kier molecular flexibility index (Phi) is 6.42. The van der Waals surface area contributed by atoms with E-state index >= 15 is 0 Å². The molecule has 1 aliphatic rings. The van der Waals surface area contributed by atoms with Crippen LogP contribution < -0.4 is 10.5 Å². The number of fused-ring (bicyclic) bond motifs is 1. The SMILES string of the molecule is COC(=O)/C(O)=C(/C=Nc1c(N2CCOCC2)nc2ccccn2c1=O)C(=O)OC. The summed E-state index contributed by atoms with van der Waals surface area (Å²) < 4.78 is 15.7. The average Bonchev–Trinajstić information content (AvgIpc) is 2.79. The summed E-state index contributed by atoms with van der Waals surface area (Å²) >= 11 is 0. The van der Waals surface area contributed by atoms with E-state index in [4.69, 9.17) is 4.74 Å². The lowest BCUT2D eigenvalue weighted by Gasteiger charge is -2.28. The summed E-state index contributed by atoms with van der Waals surface area (Å²) in [6.45, 7) is 1.89. The van der Waals surface area contributed by atoms with Gasteiger partial charge in [0.2, 0.25) is 5.76 Å². The van der Waals surface area contributed by atoms with Crippen LogP contribution in [0.15, 0.2) is 45.5 Å². The van der Waals surface area contributed by atoms with Gasteiger partial charge in [-0.15, -0.1) is 0 Å². The molecule has 0 atom stereocenters. The van der Waals surface area contributed by atoms with Crippen LogP contribution in [0.2, 0.25) is 0 Å². The first-order chi connectivity index (χ1) is 14.5. The van der Waals surface area contributed by atoms with Crippen LogP contribution >= 0.6 is 0 Å². The lowest BCUT2D eigenvalue weighted by Crippen LogP contribution is -2.38. The van der Waals surface area contributed by atoms with Crippen molar-refractivity contribution in [1.29, 1.82) is 0 Å². The summed E-state index contributed by atoms with van der Waals surface area (Å²) in [5, 5.41) is 10.0. The van der Waals surface area contributed by atoms with E-state index < -0.39 is 28.8 Å². The van der Waals surface area contributed by atoms with E-state index in [1.54, 1.807) is 18.2 Å². The van der Waals surface area contributed by atoms with E-state index in [0.29, 0.717) is 37.8 Å². The lowest BCUT2D eigenvalue weighted by atomic mass is 10.2. The fourth-order valence-electron chi connectivity index (χ4n) is 2.83. The van der Waals surface area contributed by atoms with Gasteiger partial charge in [-0.05, 0) is 12.1 Å². The highest BCUT2D eigenvalue weighted by Gasteiger charge is 2.23. The molecule has 30 heavy (non-hydrogen) atoms. The van der Waals surface area contributed by atoms with Gasteiger partial charge < -0.3 is 24.2 Å². The van der Waals surface area contributed by atoms with E-state index in [2.05, 4.69) is 19.5 Å². The molecule has 2 aromatic heterocycles. The summed E-state index contributed by atoms with van der Waals surface area (Å²) in [6, 6.07) is 5.10. The van der Waals surface area contributed by atoms with Gasteiger partial charge in [0.05, 0.1) is 27.4 Å². The maximum Gasteiger partial charge on any atom is 0.374 e. The van der Waals surface area contributed by atoms with Crippen molar-refractivity contribution in [2.45, 2.75) is 0 Å². The number of pyridine rings is 1. The van der Waals surface area contributed by atoms with E-state index in [0.717, 1.165) is 20.4 Å². The molecule has 0 radical (unpaired) electrons. The van der Waals surface area contributed by atoms with Crippen molar-refractivity contribution in [1.82, 2.24) is 9.38 Å². The molecule has 0 amide bonds. The molecular weight excluding hydrogens is 396 g/mol. The van der Waals surface area contributed by atoms with E-state index in [-0.39, 0.29) is 5.69 Å². The molecule has 1 saturated heterocycles. The molecule has 3 heterocycles. The highest BCUT2D eigenvalue weighted by Crippen LogP contribution is 2.24. The number of hydrogen-bond acceptors (Lipinski definition) is 10. The molecule has 11 heteroatoms. The third-order valence-electron chi connectivity index (χ3n) is 4.36. The number of anilines is 1. The van der Waals surface area contributed by atoms with Crippen molar-refractivity contribution in [2.75, 3.05) is 45.4 Å². The van der Waals surface area contributed by atoms with E-state index in [1.807, 2.05) is 4.90 Å². The molecular formula is C19H20N4O7. The molecule has 0 bridgehead atoms. The van der Waals surface area contributed by atoms with Crippen LogP contribution in [0.1, 0.15) is 0 Å². The van der Waals surface area contributed by atoms with Gasteiger partial charge in [0.1, 0.15) is 11.2 Å². The highest BCUT2D eigenvalue weighted by atomic mass is 16.5. The molecule has 0 spiro atoms. The summed E-state index contributed by atoms with van der Waals surface area (Å²) in [5.41, 5.74) is -0.696. The number of aliphatic hydroxyl groups excluding tert-OH is 1. The summed E-state index contributed by atoms with van der Waals surface area (Å²) in [5.74, 6) is -2.87. The van der Waals surface area contributed by atoms with Crippen LogP contribution in [-0.4, -0.2) is 73.2 Å². The van der Waals surface area contributed by atoms with E-state index in [1.165, 1.54) is 10.6 Å². The van der Waals surface area contributed by atoms with Crippen molar-refractivity contribution >= 4 is 35.3 Å². The Balaban J connectivity index is 2.17. The summed E-state index contributed by atoms with van der Waals surface area (Å²) in [6.07, 6.45) is 2.42. The molecule has 2 aromatic rings. The maximum atomic E-state index is 13.1. The van der Waals surface area contributed by atoms with Gasteiger partial charge in [-0.1, -0.05) is 6.07 Å². The van der Waals surface area contributed by atoms with Crippen molar-refractivity contribution in [3.8, 4) is 0 Å². The molecule has 0 aliphatic carbocycles. The highest BCUT2D eigenvalue weighted by molar-refractivity contribution is 6.14. The van der Waals surface area contributed by atoms with E-state index in [9.17, 15) is 19.5 Å². The van der Waals surface area contributed by atoms with Gasteiger partial charge >= 0.3 is 11.9 Å². The molecule has 0 saturated carbocycles. The minimum absolute atomic E-state index is 0.0698. The van der Waals surface area contributed by atoms with Crippen LogP contribution in [0.4, 0.5) is 11.5 Å². The third kappa shape index (κ3) is 4.15. The zero-order chi connectivity index (χ0) is 21.7. The maximum absolute atomic E-state index is 13.1. The minimum Gasteiger partial charge on any atom is -0.501 e. The zero-order valence-electron chi connectivity index (χ0n) is 16.4. The Bertz CT molecular complexity index is 1080. The van der Waals surface area contributed by atoms with Gasteiger partial charge in [-0.3, -0.25) is 9.20 Å². The monoisotopic (exact) mass is 416 g/mol. The van der Waals surface area contributed by atoms with Crippen LogP contribution in [0, 0.1) is 0 Å². The third-order valence-corrected chi connectivity index (χ3v) is 4.36. The number of carbonyl (C=O) groups is 2. The predicted octanol–water partition coefficient (Wildman–Crippen LogP) is 0.392. The smallest absolute Gasteiger partial charge is 0.374 e.